The fourth-order valence-corrected chi connectivity index (χ4v) is 4.45. The minimum atomic E-state index is 0.499. The summed E-state index contributed by atoms with van der Waals surface area (Å²) < 4.78 is 0. The number of hydrogen-bond donors (Lipinski definition) is 0. The van der Waals surface area contributed by atoms with Crippen LogP contribution in [0.2, 0.25) is 5.15 Å². The number of aromatic nitrogens is 2. The molecule has 5 heteroatoms. The summed E-state index contributed by atoms with van der Waals surface area (Å²) in [6.07, 6.45) is 1.28. The zero-order chi connectivity index (χ0) is 15.1. The van der Waals surface area contributed by atoms with E-state index in [4.69, 9.17) is 16.6 Å². The zero-order valence-corrected chi connectivity index (χ0v) is 14.6. The van der Waals surface area contributed by atoms with Crippen molar-refractivity contribution >= 4 is 39.1 Å². The molecule has 2 atom stereocenters. The number of anilines is 1. The lowest BCUT2D eigenvalue weighted by Crippen LogP contribution is -2.39. The molecule has 0 bridgehead atoms. The van der Waals surface area contributed by atoms with Crippen LogP contribution < -0.4 is 4.90 Å². The third-order valence-corrected chi connectivity index (χ3v) is 5.69. The lowest BCUT2D eigenvalue weighted by atomic mass is 9.92. The third kappa shape index (κ3) is 3.02. The first kappa shape index (κ1) is 15.0. The number of piperidine rings is 1. The van der Waals surface area contributed by atoms with Crippen molar-refractivity contribution in [3.05, 3.63) is 16.1 Å². The van der Waals surface area contributed by atoms with Crippen LogP contribution in [-0.2, 0) is 0 Å². The first-order chi connectivity index (χ1) is 9.94. The summed E-state index contributed by atoms with van der Waals surface area (Å²) in [5.41, 5.74) is 0. The maximum atomic E-state index is 6.40. The predicted octanol–water partition coefficient (Wildman–Crippen LogP) is 4.95. The van der Waals surface area contributed by atoms with Gasteiger partial charge in [-0.2, -0.15) is 0 Å². The fourth-order valence-electron chi connectivity index (χ4n) is 3.15. The van der Waals surface area contributed by atoms with Crippen molar-refractivity contribution in [1.82, 2.24) is 9.97 Å². The van der Waals surface area contributed by atoms with Crippen molar-refractivity contribution in [2.75, 3.05) is 18.0 Å². The number of nitrogens with zero attached hydrogens (tertiary/aromatic N) is 3. The Morgan fingerprint density at radius 1 is 1.24 bits per heavy atom. The van der Waals surface area contributed by atoms with E-state index in [1.807, 2.05) is 0 Å². The molecule has 0 saturated carbocycles. The van der Waals surface area contributed by atoms with Gasteiger partial charge < -0.3 is 4.90 Å². The number of thiophene rings is 1. The predicted molar refractivity (Wildman–Crippen MR) is 91.7 cm³/mol. The van der Waals surface area contributed by atoms with Crippen LogP contribution in [0, 0.1) is 11.8 Å². The van der Waals surface area contributed by atoms with E-state index in [1.54, 1.807) is 11.3 Å². The van der Waals surface area contributed by atoms with E-state index in [0.717, 1.165) is 29.3 Å². The minimum absolute atomic E-state index is 0.499. The van der Waals surface area contributed by atoms with Crippen LogP contribution in [0.25, 0.3) is 10.2 Å². The SMILES string of the molecule is CC1CC(C)CN(c2nc(Cl)c3cc(C(C)C)sc3n2)C1. The van der Waals surface area contributed by atoms with E-state index in [1.165, 1.54) is 11.3 Å². The second-order valence-corrected chi connectivity index (χ2v) is 8.11. The van der Waals surface area contributed by atoms with Crippen LogP contribution in [0.4, 0.5) is 5.95 Å². The Kier molecular flexibility index (Phi) is 4.10. The van der Waals surface area contributed by atoms with Gasteiger partial charge >= 0.3 is 0 Å². The monoisotopic (exact) mass is 323 g/mol. The van der Waals surface area contributed by atoms with Crippen LogP contribution in [0.15, 0.2) is 6.07 Å². The van der Waals surface area contributed by atoms with Crippen molar-refractivity contribution in [1.29, 1.82) is 0 Å². The van der Waals surface area contributed by atoms with E-state index in [2.05, 4.69) is 43.6 Å². The molecule has 21 heavy (non-hydrogen) atoms. The van der Waals surface area contributed by atoms with E-state index >= 15 is 0 Å². The molecule has 0 radical (unpaired) electrons. The van der Waals surface area contributed by atoms with E-state index in [9.17, 15) is 0 Å². The van der Waals surface area contributed by atoms with Gasteiger partial charge in [0.05, 0.1) is 0 Å². The number of rotatable bonds is 2. The van der Waals surface area contributed by atoms with Crippen LogP contribution >= 0.6 is 22.9 Å². The highest BCUT2D eigenvalue weighted by molar-refractivity contribution is 7.18. The van der Waals surface area contributed by atoms with Crippen LogP contribution in [-0.4, -0.2) is 23.1 Å². The van der Waals surface area contributed by atoms with Crippen molar-refractivity contribution in [2.24, 2.45) is 11.8 Å². The van der Waals surface area contributed by atoms with Gasteiger partial charge in [0.2, 0.25) is 5.95 Å². The van der Waals surface area contributed by atoms with Crippen LogP contribution in [0.5, 0.6) is 0 Å². The number of fused-ring (bicyclic) bond motifs is 1. The normalized spacial score (nSPS) is 23.2. The van der Waals surface area contributed by atoms with Crippen LogP contribution in [0.3, 0.4) is 0 Å². The Labute approximate surface area is 135 Å². The highest BCUT2D eigenvalue weighted by atomic mass is 35.5. The third-order valence-electron chi connectivity index (χ3n) is 4.07. The summed E-state index contributed by atoms with van der Waals surface area (Å²) >= 11 is 8.14. The van der Waals surface area contributed by atoms with Crippen molar-refractivity contribution in [3.63, 3.8) is 0 Å². The molecule has 0 aromatic carbocycles. The summed E-state index contributed by atoms with van der Waals surface area (Å²) in [5.74, 6) is 2.66. The smallest absolute Gasteiger partial charge is 0.228 e. The molecule has 3 heterocycles. The van der Waals surface area contributed by atoms with Gasteiger partial charge in [-0.15, -0.1) is 11.3 Å². The van der Waals surface area contributed by atoms with Crippen molar-refractivity contribution in [2.45, 2.75) is 40.0 Å². The van der Waals surface area contributed by atoms with Crippen LogP contribution in [0.1, 0.15) is 44.9 Å². The molecule has 0 aliphatic carbocycles. The molecule has 2 aromatic heterocycles. The Morgan fingerprint density at radius 2 is 1.90 bits per heavy atom. The summed E-state index contributed by atoms with van der Waals surface area (Å²) in [6.45, 7) is 11.0. The maximum Gasteiger partial charge on any atom is 0.228 e. The van der Waals surface area contributed by atoms with Gasteiger partial charge in [-0.05, 0) is 30.2 Å². The topological polar surface area (TPSA) is 29.0 Å². The second kappa shape index (κ2) is 5.73. The van der Waals surface area contributed by atoms with Gasteiger partial charge in [-0.25, -0.2) is 9.97 Å². The fraction of sp³-hybridized carbons (Fsp3) is 0.625. The first-order valence-electron chi connectivity index (χ1n) is 7.66. The molecule has 1 aliphatic rings. The largest absolute Gasteiger partial charge is 0.340 e. The van der Waals surface area contributed by atoms with Gasteiger partial charge in [0.1, 0.15) is 9.98 Å². The molecule has 1 fully saturated rings. The zero-order valence-electron chi connectivity index (χ0n) is 13.1. The molecule has 3 rings (SSSR count). The molecule has 0 spiro atoms. The number of hydrogen-bond acceptors (Lipinski definition) is 4. The average Bonchev–Trinajstić information content (AvgIpc) is 2.82. The Bertz CT molecular complexity index is 642. The Hall–Kier alpha value is -0.870. The lowest BCUT2D eigenvalue weighted by molar-refractivity contribution is 0.354. The highest BCUT2D eigenvalue weighted by Gasteiger charge is 2.24. The molecular formula is C16H22ClN3S. The summed E-state index contributed by atoms with van der Waals surface area (Å²) in [6, 6.07) is 2.14. The molecular weight excluding hydrogens is 302 g/mol. The van der Waals surface area contributed by atoms with Crippen molar-refractivity contribution < 1.29 is 0 Å². The Balaban J connectivity index is 1.99. The van der Waals surface area contributed by atoms with Gasteiger partial charge in [0.25, 0.3) is 0 Å². The average molecular weight is 324 g/mol. The molecule has 2 unspecified atom stereocenters. The standard InChI is InChI=1S/C16H22ClN3S/c1-9(2)13-6-12-14(17)18-16(19-15(12)21-13)20-7-10(3)5-11(4)8-20/h6,9-11H,5,7-8H2,1-4H3. The first-order valence-corrected chi connectivity index (χ1v) is 8.85. The maximum absolute atomic E-state index is 6.40. The van der Waals surface area contributed by atoms with Gasteiger partial charge in [0, 0.05) is 23.4 Å². The second-order valence-electron chi connectivity index (χ2n) is 6.69. The van der Waals surface area contributed by atoms with Gasteiger partial charge in [-0.1, -0.05) is 39.3 Å². The summed E-state index contributed by atoms with van der Waals surface area (Å²) in [5, 5.41) is 1.58. The number of halogens is 1. The van der Waals surface area contributed by atoms with Crippen molar-refractivity contribution in [3.8, 4) is 0 Å². The van der Waals surface area contributed by atoms with E-state index in [-0.39, 0.29) is 0 Å². The summed E-state index contributed by atoms with van der Waals surface area (Å²) in [4.78, 5) is 14.0. The molecule has 1 saturated heterocycles. The molecule has 0 N–H and O–H groups in total. The minimum Gasteiger partial charge on any atom is -0.340 e. The summed E-state index contributed by atoms with van der Waals surface area (Å²) in [7, 11) is 0. The van der Waals surface area contributed by atoms with E-state index < -0.39 is 0 Å². The molecule has 1 aliphatic heterocycles. The highest BCUT2D eigenvalue weighted by Crippen LogP contribution is 2.35. The Morgan fingerprint density at radius 3 is 2.52 bits per heavy atom. The quantitative estimate of drug-likeness (QED) is 0.732. The van der Waals surface area contributed by atoms with Gasteiger partial charge in [-0.3, -0.25) is 0 Å². The molecule has 114 valence electrons. The molecule has 2 aromatic rings. The van der Waals surface area contributed by atoms with Gasteiger partial charge in [0.15, 0.2) is 0 Å². The van der Waals surface area contributed by atoms with E-state index in [0.29, 0.717) is 22.9 Å². The molecule has 3 nitrogen and oxygen atoms in total. The lowest BCUT2D eigenvalue weighted by Gasteiger charge is -2.34. The molecule has 0 amide bonds.